The maximum absolute atomic E-state index is 12.5. The molecular weight excluding hydrogens is 350 g/mol. The maximum atomic E-state index is 12.5. The van der Waals surface area contributed by atoms with Crippen LogP contribution in [0.4, 0.5) is 11.5 Å². The van der Waals surface area contributed by atoms with Crippen molar-refractivity contribution < 1.29 is 5.11 Å². The summed E-state index contributed by atoms with van der Waals surface area (Å²) in [5.41, 5.74) is -3.65. The Kier molecular flexibility index (Phi) is 3.84. The highest BCUT2D eigenvalue weighted by Gasteiger charge is 2.29. The number of nitrogens with zero attached hydrogens (tertiary/aromatic N) is 2. The molecular formula is C16H12ClN3O5. The molecule has 0 unspecified atom stereocenters. The highest BCUT2D eigenvalue weighted by atomic mass is 35.5. The average Bonchev–Trinajstić information content (AvgIpc) is 2.61. The summed E-state index contributed by atoms with van der Waals surface area (Å²) in [6.45, 7) is 0. The number of aromatic nitrogens is 2. The summed E-state index contributed by atoms with van der Waals surface area (Å²) in [5, 5.41) is 13.1. The first kappa shape index (κ1) is 16.7. The Morgan fingerprint density at radius 3 is 2.08 bits per heavy atom. The summed E-state index contributed by atoms with van der Waals surface area (Å²) in [6, 6.07) is 6.40. The van der Waals surface area contributed by atoms with Crippen LogP contribution in [0.5, 0.6) is 5.75 Å². The van der Waals surface area contributed by atoms with Crippen molar-refractivity contribution in [3.8, 4) is 16.9 Å². The lowest BCUT2D eigenvalue weighted by atomic mass is 10.0. The second-order valence-electron chi connectivity index (χ2n) is 5.44. The van der Waals surface area contributed by atoms with Crippen molar-refractivity contribution in [2.75, 3.05) is 5.32 Å². The van der Waals surface area contributed by atoms with E-state index in [1.807, 2.05) is 0 Å². The van der Waals surface area contributed by atoms with E-state index < -0.39 is 33.4 Å². The number of aromatic hydroxyl groups is 1. The Morgan fingerprint density at radius 1 is 0.920 bits per heavy atom. The van der Waals surface area contributed by atoms with E-state index in [-0.39, 0.29) is 11.4 Å². The standard InChI is InChI=1S/C16H12ClN3O5/c1-19-14(18-8-5-3-7(17)4-6-8)10(15(24)20(2)16(19)25)9-11(21)13(23)12(9)22/h3-6,18,21H,1-2H3. The molecule has 3 rings (SSSR count). The van der Waals surface area contributed by atoms with Gasteiger partial charge in [-0.15, -0.1) is 0 Å². The Hall–Kier alpha value is -3.13. The minimum absolute atomic E-state index is 0.0159. The summed E-state index contributed by atoms with van der Waals surface area (Å²) in [7, 11) is 2.63. The van der Waals surface area contributed by atoms with Crippen molar-refractivity contribution in [1.29, 1.82) is 0 Å². The molecule has 128 valence electrons. The molecule has 2 N–H and O–H groups in total. The van der Waals surface area contributed by atoms with Gasteiger partial charge in [-0.2, -0.15) is 0 Å². The summed E-state index contributed by atoms with van der Waals surface area (Å²) >= 11 is 5.83. The first-order valence-electron chi connectivity index (χ1n) is 7.09. The van der Waals surface area contributed by atoms with E-state index in [9.17, 15) is 24.3 Å². The van der Waals surface area contributed by atoms with Gasteiger partial charge in [0.15, 0.2) is 5.75 Å². The van der Waals surface area contributed by atoms with Gasteiger partial charge in [0.1, 0.15) is 5.82 Å². The fourth-order valence-corrected chi connectivity index (χ4v) is 2.62. The molecule has 8 nitrogen and oxygen atoms in total. The minimum Gasteiger partial charge on any atom is -0.503 e. The highest BCUT2D eigenvalue weighted by molar-refractivity contribution is 6.30. The van der Waals surface area contributed by atoms with E-state index in [4.69, 9.17) is 11.6 Å². The van der Waals surface area contributed by atoms with Crippen LogP contribution in [0.2, 0.25) is 5.02 Å². The van der Waals surface area contributed by atoms with Crippen molar-refractivity contribution >= 4 is 23.1 Å². The summed E-state index contributed by atoms with van der Waals surface area (Å²) in [4.78, 5) is 47.9. The second kappa shape index (κ2) is 5.75. The third kappa shape index (κ3) is 2.47. The highest BCUT2D eigenvalue weighted by Crippen LogP contribution is 2.29. The van der Waals surface area contributed by atoms with Gasteiger partial charge in [0, 0.05) is 24.8 Å². The number of nitrogens with one attached hydrogen (secondary N) is 1. The van der Waals surface area contributed by atoms with Crippen LogP contribution in [0.3, 0.4) is 0 Å². The Morgan fingerprint density at radius 2 is 1.52 bits per heavy atom. The number of hydrogen-bond acceptors (Lipinski definition) is 6. The van der Waals surface area contributed by atoms with Crippen molar-refractivity contribution in [1.82, 2.24) is 9.13 Å². The molecule has 9 heteroatoms. The molecule has 0 amide bonds. The van der Waals surface area contributed by atoms with Crippen LogP contribution in [-0.4, -0.2) is 14.2 Å². The third-order valence-electron chi connectivity index (χ3n) is 3.91. The Bertz CT molecular complexity index is 1180. The SMILES string of the molecule is Cn1c(Nc2ccc(Cl)cc2)c(-c2c(O)c(=O)c2=O)c(=O)n(C)c1=O. The van der Waals surface area contributed by atoms with E-state index in [1.54, 1.807) is 24.3 Å². The summed E-state index contributed by atoms with van der Waals surface area (Å²) in [6.07, 6.45) is 0. The van der Waals surface area contributed by atoms with Crippen LogP contribution in [-0.2, 0) is 14.1 Å². The molecule has 0 aliphatic rings. The minimum atomic E-state index is -1.07. The van der Waals surface area contributed by atoms with Crippen LogP contribution in [0, 0.1) is 0 Å². The fourth-order valence-electron chi connectivity index (χ4n) is 2.50. The molecule has 0 saturated carbocycles. The van der Waals surface area contributed by atoms with Crippen LogP contribution in [0.25, 0.3) is 11.1 Å². The van der Waals surface area contributed by atoms with E-state index in [1.165, 1.54) is 14.1 Å². The fraction of sp³-hybridized carbons (Fsp3) is 0.125. The van der Waals surface area contributed by atoms with Gasteiger partial charge < -0.3 is 10.4 Å². The first-order valence-corrected chi connectivity index (χ1v) is 7.47. The molecule has 0 atom stereocenters. The van der Waals surface area contributed by atoms with Crippen LogP contribution in [0.1, 0.15) is 0 Å². The van der Waals surface area contributed by atoms with Gasteiger partial charge in [-0.25, -0.2) is 4.79 Å². The quantitative estimate of drug-likeness (QED) is 0.655. The molecule has 0 aliphatic heterocycles. The van der Waals surface area contributed by atoms with Crippen LogP contribution >= 0.6 is 11.6 Å². The molecule has 0 spiro atoms. The molecule has 2 aromatic carbocycles. The zero-order valence-electron chi connectivity index (χ0n) is 13.2. The predicted octanol–water partition coefficient (Wildman–Crippen LogP) is 0.450. The van der Waals surface area contributed by atoms with E-state index in [2.05, 4.69) is 5.32 Å². The smallest absolute Gasteiger partial charge is 0.332 e. The number of anilines is 2. The van der Waals surface area contributed by atoms with Gasteiger partial charge in [0.2, 0.25) is 5.43 Å². The zero-order valence-corrected chi connectivity index (χ0v) is 13.9. The lowest BCUT2D eigenvalue weighted by Crippen LogP contribution is -2.42. The summed E-state index contributed by atoms with van der Waals surface area (Å²) < 4.78 is 1.90. The van der Waals surface area contributed by atoms with Crippen LogP contribution < -0.4 is 27.4 Å². The van der Waals surface area contributed by atoms with Gasteiger partial charge >= 0.3 is 5.69 Å². The molecule has 0 fully saturated rings. The van der Waals surface area contributed by atoms with Crippen molar-refractivity contribution in [2.45, 2.75) is 0 Å². The van der Waals surface area contributed by atoms with Crippen LogP contribution in [0.15, 0.2) is 43.4 Å². The van der Waals surface area contributed by atoms with Gasteiger partial charge in [-0.3, -0.25) is 23.5 Å². The van der Waals surface area contributed by atoms with Gasteiger partial charge in [0.05, 0.1) is 11.1 Å². The Balaban J connectivity index is 2.32. The lowest BCUT2D eigenvalue weighted by Gasteiger charge is -2.17. The van der Waals surface area contributed by atoms with E-state index in [0.29, 0.717) is 10.7 Å². The van der Waals surface area contributed by atoms with Gasteiger partial charge in [0.25, 0.3) is 11.0 Å². The van der Waals surface area contributed by atoms with Crippen molar-refractivity contribution in [3.63, 3.8) is 0 Å². The molecule has 1 aromatic heterocycles. The molecule has 3 aromatic rings. The molecule has 0 aliphatic carbocycles. The lowest BCUT2D eigenvalue weighted by molar-refractivity contribution is 0.465. The monoisotopic (exact) mass is 361 g/mol. The zero-order chi connectivity index (χ0) is 18.5. The molecule has 25 heavy (non-hydrogen) atoms. The third-order valence-corrected chi connectivity index (χ3v) is 4.16. The first-order chi connectivity index (χ1) is 11.7. The molecule has 0 radical (unpaired) electrons. The Labute approximate surface area is 144 Å². The average molecular weight is 362 g/mol. The van der Waals surface area contributed by atoms with E-state index in [0.717, 1.165) is 9.13 Å². The van der Waals surface area contributed by atoms with E-state index >= 15 is 0 Å². The predicted molar refractivity (Wildman–Crippen MR) is 93.7 cm³/mol. The van der Waals surface area contributed by atoms with Gasteiger partial charge in [-0.1, -0.05) is 11.6 Å². The maximum Gasteiger partial charge on any atom is 0.332 e. The molecule has 1 heterocycles. The van der Waals surface area contributed by atoms with Gasteiger partial charge in [-0.05, 0) is 24.3 Å². The molecule has 0 bridgehead atoms. The largest absolute Gasteiger partial charge is 0.503 e. The number of hydrogen-bond donors (Lipinski definition) is 2. The topological polar surface area (TPSA) is 110 Å². The normalized spacial score (nSPS) is 11.0. The number of rotatable bonds is 3. The van der Waals surface area contributed by atoms with Crippen molar-refractivity contribution in [2.24, 2.45) is 14.1 Å². The number of benzene rings is 1. The number of halogens is 1. The summed E-state index contributed by atoms with van der Waals surface area (Å²) in [5.74, 6) is -0.808. The van der Waals surface area contributed by atoms with Crippen molar-refractivity contribution in [3.05, 3.63) is 70.6 Å². The molecule has 0 saturated heterocycles. The second-order valence-corrected chi connectivity index (χ2v) is 5.88.